The molecule has 0 aliphatic carbocycles. The molecular weight excluding hydrogens is 420 g/mol. The summed E-state index contributed by atoms with van der Waals surface area (Å²) in [6.45, 7) is 1.61. The molecule has 1 fully saturated rings. The number of imide groups is 1. The number of fused-ring (bicyclic) bond motifs is 1. The highest BCUT2D eigenvalue weighted by molar-refractivity contribution is 6.21. The molecule has 0 N–H and O–H groups in total. The fraction of sp³-hybridized carbons (Fsp3) is 0.333. The van der Waals surface area contributed by atoms with Crippen molar-refractivity contribution in [1.82, 2.24) is 14.7 Å². The first kappa shape index (κ1) is 21.2. The first-order chi connectivity index (χ1) is 15.4. The number of carbonyl (C=O) groups excluding carboxylic acids is 4. The van der Waals surface area contributed by atoms with Gasteiger partial charge in [0.1, 0.15) is 0 Å². The van der Waals surface area contributed by atoms with Crippen molar-refractivity contribution < 1.29 is 28.5 Å². The predicted molar refractivity (Wildman–Crippen MR) is 109 cm³/mol. The summed E-state index contributed by atoms with van der Waals surface area (Å²) in [7, 11) is 0. The lowest BCUT2D eigenvalue weighted by atomic mass is 10.1. The Labute approximate surface area is 182 Å². The van der Waals surface area contributed by atoms with Crippen LogP contribution in [0, 0.1) is 10.1 Å². The summed E-state index contributed by atoms with van der Waals surface area (Å²) < 4.78 is 5.12. The number of hydrogen-bond donors (Lipinski definition) is 0. The van der Waals surface area contributed by atoms with E-state index in [0.29, 0.717) is 26.2 Å². The van der Waals surface area contributed by atoms with Crippen molar-refractivity contribution >= 4 is 29.3 Å². The quantitative estimate of drug-likeness (QED) is 0.378. The third-order valence-electron chi connectivity index (χ3n) is 5.59. The zero-order valence-electron chi connectivity index (χ0n) is 17.1. The molecule has 166 valence electrons. The van der Waals surface area contributed by atoms with Gasteiger partial charge in [-0.1, -0.05) is 0 Å². The van der Waals surface area contributed by atoms with E-state index in [0.717, 1.165) is 11.0 Å². The van der Waals surface area contributed by atoms with Gasteiger partial charge >= 0.3 is 0 Å². The summed E-state index contributed by atoms with van der Waals surface area (Å²) in [6, 6.07) is 6.81. The average Bonchev–Trinajstić information content (AvgIpc) is 3.42. The standard InChI is InChI=1S/C21H20N4O7/c26-18(22-8-10-23(11-9-22)21(29)17-3-2-12-32-17)4-1-7-24-19(27)15-6-5-14(25(30)31)13-16(15)20(24)28/h2-3,5-6,12-13H,1,4,7-11H2. The molecule has 1 aromatic carbocycles. The van der Waals surface area contributed by atoms with E-state index in [1.165, 1.54) is 18.4 Å². The molecule has 4 amide bonds. The Bertz CT molecular complexity index is 1090. The van der Waals surface area contributed by atoms with E-state index in [4.69, 9.17) is 4.42 Å². The van der Waals surface area contributed by atoms with Crippen LogP contribution in [0.2, 0.25) is 0 Å². The summed E-state index contributed by atoms with van der Waals surface area (Å²) in [5.41, 5.74) is -0.122. The molecule has 1 aromatic heterocycles. The topological polar surface area (TPSA) is 134 Å². The highest BCUT2D eigenvalue weighted by Gasteiger charge is 2.36. The van der Waals surface area contributed by atoms with Crippen LogP contribution in [-0.4, -0.2) is 76.0 Å². The Kier molecular flexibility index (Phi) is 5.71. The maximum atomic E-state index is 12.5. The number of nitro groups is 1. The normalized spacial score (nSPS) is 15.8. The fourth-order valence-electron chi connectivity index (χ4n) is 3.86. The van der Waals surface area contributed by atoms with Crippen molar-refractivity contribution in [3.05, 3.63) is 63.6 Å². The van der Waals surface area contributed by atoms with Crippen LogP contribution in [0.4, 0.5) is 5.69 Å². The molecule has 0 atom stereocenters. The van der Waals surface area contributed by atoms with Gasteiger partial charge in [0.25, 0.3) is 23.4 Å². The van der Waals surface area contributed by atoms with Crippen molar-refractivity contribution in [1.29, 1.82) is 0 Å². The zero-order valence-corrected chi connectivity index (χ0v) is 17.1. The Hall–Kier alpha value is -4.02. The number of non-ortho nitro benzene ring substituents is 1. The van der Waals surface area contributed by atoms with Crippen LogP contribution < -0.4 is 0 Å². The van der Waals surface area contributed by atoms with Crippen LogP contribution in [-0.2, 0) is 4.79 Å². The molecule has 2 aromatic rings. The van der Waals surface area contributed by atoms with Crippen LogP contribution in [0.1, 0.15) is 44.1 Å². The molecule has 0 bridgehead atoms. The van der Waals surface area contributed by atoms with Crippen LogP contribution >= 0.6 is 0 Å². The number of benzene rings is 1. The van der Waals surface area contributed by atoms with E-state index >= 15 is 0 Å². The van der Waals surface area contributed by atoms with E-state index in [1.54, 1.807) is 21.9 Å². The van der Waals surface area contributed by atoms with Crippen molar-refractivity contribution in [3.63, 3.8) is 0 Å². The Balaban J connectivity index is 1.26. The number of rotatable bonds is 6. The van der Waals surface area contributed by atoms with Gasteiger partial charge in [0.2, 0.25) is 5.91 Å². The van der Waals surface area contributed by atoms with Gasteiger partial charge in [-0.3, -0.25) is 34.2 Å². The van der Waals surface area contributed by atoms with E-state index in [2.05, 4.69) is 0 Å². The summed E-state index contributed by atoms with van der Waals surface area (Å²) in [4.78, 5) is 64.3. The van der Waals surface area contributed by atoms with Crippen LogP contribution in [0.15, 0.2) is 41.0 Å². The Morgan fingerprint density at radius 2 is 1.69 bits per heavy atom. The van der Waals surface area contributed by atoms with Crippen LogP contribution in [0.5, 0.6) is 0 Å². The Morgan fingerprint density at radius 1 is 1.00 bits per heavy atom. The van der Waals surface area contributed by atoms with Crippen molar-refractivity contribution in [2.45, 2.75) is 12.8 Å². The molecule has 4 rings (SSSR count). The smallest absolute Gasteiger partial charge is 0.289 e. The van der Waals surface area contributed by atoms with Gasteiger partial charge in [-0.15, -0.1) is 0 Å². The molecule has 2 aliphatic heterocycles. The lowest BCUT2D eigenvalue weighted by Crippen LogP contribution is -2.50. The molecule has 2 aliphatic rings. The molecule has 0 spiro atoms. The van der Waals surface area contributed by atoms with Gasteiger partial charge in [-0.2, -0.15) is 0 Å². The SMILES string of the molecule is O=C(CCCN1C(=O)c2ccc([N+](=O)[O-])cc2C1=O)N1CCN(C(=O)c2ccco2)CC1. The first-order valence-electron chi connectivity index (χ1n) is 10.1. The molecule has 11 heteroatoms. The number of furan rings is 1. The monoisotopic (exact) mass is 440 g/mol. The minimum absolute atomic E-state index is 0.00729. The second kappa shape index (κ2) is 8.61. The van der Waals surface area contributed by atoms with Gasteiger partial charge in [0.05, 0.1) is 22.3 Å². The number of carbonyl (C=O) groups is 4. The van der Waals surface area contributed by atoms with Gasteiger partial charge in [0.15, 0.2) is 5.76 Å². The molecule has 11 nitrogen and oxygen atoms in total. The molecule has 0 radical (unpaired) electrons. The van der Waals surface area contributed by atoms with Gasteiger partial charge in [-0.05, 0) is 24.6 Å². The van der Waals surface area contributed by atoms with Crippen molar-refractivity contribution in [2.24, 2.45) is 0 Å². The van der Waals surface area contributed by atoms with E-state index < -0.39 is 16.7 Å². The third kappa shape index (κ3) is 3.96. The minimum atomic E-state index is -0.624. The zero-order chi connectivity index (χ0) is 22.8. The highest BCUT2D eigenvalue weighted by Crippen LogP contribution is 2.27. The maximum absolute atomic E-state index is 12.5. The lowest BCUT2D eigenvalue weighted by molar-refractivity contribution is -0.384. The number of amides is 4. The predicted octanol–water partition coefficient (Wildman–Crippen LogP) is 1.55. The molecule has 3 heterocycles. The second-order valence-electron chi connectivity index (χ2n) is 7.50. The van der Waals surface area contributed by atoms with E-state index in [-0.39, 0.29) is 53.8 Å². The lowest BCUT2D eigenvalue weighted by Gasteiger charge is -2.34. The van der Waals surface area contributed by atoms with Gasteiger partial charge < -0.3 is 14.2 Å². The summed E-state index contributed by atoms with van der Waals surface area (Å²) in [5, 5.41) is 10.9. The molecular formula is C21H20N4O7. The van der Waals surface area contributed by atoms with Crippen molar-refractivity contribution in [3.8, 4) is 0 Å². The minimum Gasteiger partial charge on any atom is -0.459 e. The summed E-state index contributed by atoms with van der Waals surface area (Å²) in [5.74, 6) is -1.19. The fourth-order valence-corrected chi connectivity index (χ4v) is 3.86. The largest absolute Gasteiger partial charge is 0.459 e. The second-order valence-corrected chi connectivity index (χ2v) is 7.50. The number of piperazine rings is 1. The molecule has 0 saturated carbocycles. The van der Waals surface area contributed by atoms with Crippen molar-refractivity contribution in [2.75, 3.05) is 32.7 Å². The summed E-state index contributed by atoms with van der Waals surface area (Å²) in [6.07, 6.45) is 1.85. The van der Waals surface area contributed by atoms with E-state index in [9.17, 15) is 29.3 Å². The van der Waals surface area contributed by atoms with Gasteiger partial charge in [0, 0.05) is 51.3 Å². The van der Waals surface area contributed by atoms with Crippen LogP contribution in [0.3, 0.4) is 0 Å². The molecule has 32 heavy (non-hydrogen) atoms. The maximum Gasteiger partial charge on any atom is 0.289 e. The number of hydrogen-bond acceptors (Lipinski definition) is 7. The van der Waals surface area contributed by atoms with Gasteiger partial charge in [-0.25, -0.2) is 0 Å². The first-order valence-corrected chi connectivity index (χ1v) is 10.1. The third-order valence-corrected chi connectivity index (χ3v) is 5.59. The molecule has 0 unspecified atom stereocenters. The average molecular weight is 440 g/mol. The summed E-state index contributed by atoms with van der Waals surface area (Å²) >= 11 is 0. The number of nitro benzene ring substituents is 1. The molecule has 1 saturated heterocycles. The highest BCUT2D eigenvalue weighted by atomic mass is 16.6. The number of nitrogens with zero attached hydrogens (tertiary/aromatic N) is 4. The Morgan fingerprint density at radius 3 is 2.34 bits per heavy atom. The van der Waals surface area contributed by atoms with Crippen LogP contribution in [0.25, 0.3) is 0 Å². The van der Waals surface area contributed by atoms with E-state index in [1.807, 2.05) is 0 Å².